The fourth-order valence-corrected chi connectivity index (χ4v) is 4.01. The zero-order chi connectivity index (χ0) is 14.0. The van der Waals surface area contributed by atoms with Crippen molar-refractivity contribution >= 4 is 15.2 Å². The van der Waals surface area contributed by atoms with Crippen LogP contribution in [0.25, 0.3) is 0 Å². The lowest BCUT2D eigenvalue weighted by Gasteiger charge is -2.29. The van der Waals surface area contributed by atoms with E-state index in [1.165, 1.54) is 0 Å². The van der Waals surface area contributed by atoms with E-state index in [0.717, 1.165) is 25.7 Å². The first-order valence-corrected chi connectivity index (χ1v) is 9.08. The highest BCUT2D eigenvalue weighted by Gasteiger charge is 2.43. The molecule has 0 saturated heterocycles. The van der Waals surface area contributed by atoms with Crippen molar-refractivity contribution in [3.05, 3.63) is 0 Å². The third kappa shape index (κ3) is 5.07. The summed E-state index contributed by atoms with van der Waals surface area (Å²) in [5, 5.41) is 0. The number of hydrogen-bond acceptors (Lipinski definition) is 4. The molecule has 1 fully saturated rings. The van der Waals surface area contributed by atoms with Crippen LogP contribution in [0, 0.1) is 5.92 Å². The molecule has 0 heterocycles. The molecule has 1 saturated carbocycles. The first-order chi connectivity index (χ1) is 8.10. The lowest BCUT2D eigenvalue weighted by Crippen LogP contribution is -2.47. The maximum absolute atomic E-state index is 11.0. The zero-order valence-electron chi connectivity index (χ0n) is 10.1. The van der Waals surface area contributed by atoms with E-state index in [0.29, 0.717) is 5.92 Å². The first kappa shape index (κ1) is 16.3. The molecule has 6 N–H and O–H groups in total. The molecule has 0 bridgehead atoms. The van der Waals surface area contributed by atoms with Gasteiger partial charge in [0.15, 0.2) is 0 Å². The van der Waals surface area contributed by atoms with Gasteiger partial charge < -0.3 is 19.6 Å². The SMILES string of the molecule is CC1CCC(NNC(P(=O)(O)O)P(=O)(O)O)CC1. The van der Waals surface area contributed by atoms with Crippen LogP contribution in [-0.2, 0) is 9.13 Å². The highest BCUT2D eigenvalue weighted by molar-refractivity contribution is 7.70. The molecule has 1 aliphatic carbocycles. The van der Waals surface area contributed by atoms with Crippen molar-refractivity contribution in [3.8, 4) is 0 Å². The van der Waals surface area contributed by atoms with Gasteiger partial charge in [-0.05, 0) is 31.6 Å². The normalized spacial score (nSPS) is 26.6. The molecular formula is C8H20N2O6P2. The first-order valence-electron chi connectivity index (χ1n) is 5.72. The monoisotopic (exact) mass is 302 g/mol. The maximum Gasteiger partial charge on any atom is 0.356 e. The molecule has 0 aromatic heterocycles. The fraction of sp³-hybridized carbons (Fsp3) is 1.00. The van der Waals surface area contributed by atoms with Gasteiger partial charge in [-0.3, -0.25) is 14.6 Å². The minimum absolute atomic E-state index is 0.0261. The van der Waals surface area contributed by atoms with Gasteiger partial charge in [0.2, 0.25) is 5.52 Å². The van der Waals surface area contributed by atoms with Crippen molar-refractivity contribution in [2.75, 3.05) is 0 Å². The van der Waals surface area contributed by atoms with Crippen molar-refractivity contribution in [1.82, 2.24) is 10.9 Å². The summed E-state index contributed by atoms with van der Waals surface area (Å²) >= 11 is 0. The smallest absolute Gasteiger partial charge is 0.323 e. The summed E-state index contributed by atoms with van der Waals surface area (Å²) in [6.07, 6.45) is 3.58. The standard InChI is InChI=1S/C8H20N2O6P2/c1-6-2-4-7(5-3-6)9-10-8(17(11,12)13)18(14,15)16/h6-10H,2-5H2,1H3,(H2,11,12,13)(H2,14,15,16). The van der Waals surface area contributed by atoms with Gasteiger partial charge in [-0.2, -0.15) is 0 Å². The van der Waals surface area contributed by atoms with Crippen molar-refractivity contribution < 1.29 is 28.7 Å². The van der Waals surface area contributed by atoms with Crippen LogP contribution in [-0.4, -0.2) is 31.1 Å². The number of hydrogen-bond donors (Lipinski definition) is 6. The van der Waals surface area contributed by atoms with E-state index in [4.69, 9.17) is 19.6 Å². The third-order valence-electron chi connectivity index (χ3n) is 3.07. The van der Waals surface area contributed by atoms with Gasteiger partial charge in [0, 0.05) is 6.04 Å². The van der Waals surface area contributed by atoms with E-state index in [9.17, 15) is 9.13 Å². The van der Waals surface area contributed by atoms with Crippen LogP contribution in [0.2, 0.25) is 0 Å². The molecule has 18 heavy (non-hydrogen) atoms. The summed E-state index contributed by atoms with van der Waals surface area (Å²) in [7, 11) is -9.83. The van der Waals surface area contributed by atoms with Crippen LogP contribution >= 0.6 is 15.2 Å². The van der Waals surface area contributed by atoms with Gasteiger partial charge in [-0.1, -0.05) is 6.92 Å². The maximum atomic E-state index is 11.0. The Bertz CT molecular complexity index is 337. The molecule has 0 radical (unpaired) electrons. The molecule has 0 aromatic carbocycles. The highest BCUT2D eigenvalue weighted by atomic mass is 31.2. The Kier molecular flexibility index (Phi) is 5.53. The van der Waals surface area contributed by atoms with E-state index in [1.54, 1.807) is 0 Å². The van der Waals surface area contributed by atoms with Crippen LogP contribution in [0.4, 0.5) is 0 Å². The molecular weight excluding hydrogens is 282 g/mol. The topological polar surface area (TPSA) is 139 Å². The Hall–Kier alpha value is 0.220. The van der Waals surface area contributed by atoms with E-state index in [2.05, 4.69) is 17.8 Å². The summed E-state index contributed by atoms with van der Waals surface area (Å²) in [4.78, 5) is 35.6. The largest absolute Gasteiger partial charge is 0.356 e. The van der Waals surface area contributed by atoms with Crippen LogP contribution in [0.1, 0.15) is 32.6 Å². The molecule has 0 atom stereocenters. The van der Waals surface area contributed by atoms with Crippen molar-refractivity contribution in [2.45, 2.75) is 44.2 Å². The number of rotatable bonds is 5. The summed E-state index contributed by atoms with van der Waals surface area (Å²) in [6, 6.07) is -0.0261. The van der Waals surface area contributed by atoms with Gasteiger partial charge >= 0.3 is 15.2 Å². The highest BCUT2D eigenvalue weighted by Crippen LogP contribution is 2.57. The average molecular weight is 302 g/mol. The van der Waals surface area contributed by atoms with Gasteiger partial charge in [-0.25, -0.2) is 5.43 Å². The Morgan fingerprint density at radius 2 is 1.44 bits per heavy atom. The predicted octanol–water partition coefficient (Wildman–Crippen LogP) is 0.298. The van der Waals surface area contributed by atoms with Gasteiger partial charge in [-0.15, -0.1) is 0 Å². The minimum atomic E-state index is -4.91. The average Bonchev–Trinajstić information content (AvgIpc) is 2.17. The second kappa shape index (κ2) is 6.11. The van der Waals surface area contributed by atoms with Crippen LogP contribution in [0.3, 0.4) is 0 Å². The fourth-order valence-electron chi connectivity index (χ4n) is 1.96. The van der Waals surface area contributed by atoms with Crippen LogP contribution < -0.4 is 10.9 Å². The van der Waals surface area contributed by atoms with Crippen molar-refractivity contribution in [1.29, 1.82) is 0 Å². The molecule has 8 nitrogen and oxygen atoms in total. The predicted molar refractivity (Wildman–Crippen MR) is 65.6 cm³/mol. The van der Waals surface area contributed by atoms with E-state index >= 15 is 0 Å². The Balaban J connectivity index is 2.54. The Labute approximate surface area is 105 Å². The quantitative estimate of drug-likeness (QED) is 0.315. The molecule has 0 amide bonds. The van der Waals surface area contributed by atoms with Gasteiger partial charge in [0.25, 0.3) is 0 Å². The van der Waals surface area contributed by atoms with E-state index in [-0.39, 0.29) is 6.04 Å². The molecule has 1 aliphatic rings. The molecule has 108 valence electrons. The third-order valence-corrected chi connectivity index (χ3v) is 6.41. The van der Waals surface area contributed by atoms with Gasteiger partial charge in [0.05, 0.1) is 0 Å². The summed E-state index contributed by atoms with van der Waals surface area (Å²) < 4.78 is 22.0. The van der Waals surface area contributed by atoms with E-state index in [1.807, 2.05) is 0 Å². The molecule has 0 aromatic rings. The lowest BCUT2D eigenvalue weighted by molar-refractivity contribution is 0.268. The second-order valence-electron chi connectivity index (χ2n) is 4.80. The molecule has 0 spiro atoms. The minimum Gasteiger partial charge on any atom is -0.323 e. The van der Waals surface area contributed by atoms with Crippen molar-refractivity contribution in [2.24, 2.45) is 5.92 Å². The lowest BCUT2D eigenvalue weighted by atomic mass is 9.88. The number of nitrogens with one attached hydrogen (secondary N) is 2. The summed E-state index contributed by atoms with van der Waals surface area (Å²) in [5.41, 5.74) is 2.54. The zero-order valence-corrected chi connectivity index (χ0v) is 11.8. The Morgan fingerprint density at radius 1 is 1.00 bits per heavy atom. The van der Waals surface area contributed by atoms with Crippen molar-refractivity contribution in [3.63, 3.8) is 0 Å². The van der Waals surface area contributed by atoms with Gasteiger partial charge in [0.1, 0.15) is 0 Å². The summed E-state index contributed by atoms with van der Waals surface area (Å²) in [6.45, 7) is 2.12. The molecule has 1 rings (SSSR count). The van der Waals surface area contributed by atoms with E-state index < -0.39 is 20.7 Å². The molecule has 0 unspecified atom stereocenters. The molecule has 0 aliphatic heterocycles. The number of hydrazine groups is 1. The molecule has 10 heteroatoms. The Morgan fingerprint density at radius 3 is 1.83 bits per heavy atom. The summed E-state index contributed by atoms with van der Waals surface area (Å²) in [5.74, 6) is 0.613. The second-order valence-corrected chi connectivity index (χ2v) is 8.59. The van der Waals surface area contributed by atoms with Crippen LogP contribution in [0.15, 0.2) is 0 Å². The van der Waals surface area contributed by atoms with Crippen LogP contribution in [0.5, 0.6) is 0 Å².